The summed E-state index contributed by atoms with van der Waals surface area (Å²) in [6, 6.07) is 13.3. The molecule has 34 heavy (non-hydrogen) atoms. The molecule has 4 aromatic rings. The average molecular weight is 511 g/mol. The monoisotopic (exact) mass is 510 g/mol. The van der Waals surface area contributed by atoms with Crippen molar-refractivity contribution in [2.45, 2.75) is 22.5 Å². The van der Waals surface area contributed by atoms with Crippen molar-refractivity contribution in [3.05, 3.63) is 89.3 Å². The van der Waals surface area contributed by atoms with Gasteiger partial charge in [0, 0.05) is 17.1 Å². The zero-order chi connectivity index (χ0) is 24.7. The first-order valence-corrected chi connectivity index (χ1v) is 11.6. The number of fused-ring (bicyclic) bond motifs is 1. The number of anilines is 1. The van der Waals surface area contributed by atoms with Crippen molar-refractivity contribution in [2.75, 3.05) is 5.32 Å². The Balaban J connectivity index is 1.68. The third kappa shape index (κ3) is 4.64. The van der Waals surface area contributed by atoms with Gasteiger partial charge in [0.2, 0.25) is 15.7 Å². The summed E-state index contributed by atoms with van der Waals surface area (Å²) in [5, 5.41) is 2.58. The Kier molecular flexibility index (Phi) is 6.13. The van der Waals surface area contributed by atoms with Gasteiger partial charge in [-0.15, -0.1) is 0 Å². The van der Waals surface area contributed by atoms with Crippen LogP contribution in [0.5, 0.6) is 0 Å². The number of rotatable bonds is 5. The highest BCUT2D eigenvalue weighted by Gasteiger charge is 2.31. The summed E-state index contributed by atoms with van der Waals surface area (Å²) in [5.41, 5.74) is -0.795. The van der Waals surface area contributed by atoms with Gasteiger partial charge in [-0.05, 0) is 48.5 Å². The van der Waals surface area contributed by atoms with Crippen LogP contribution in [0.4, 0.5) is 23.2 Å². The average Bonchev–Trinajstić information content (AvgIpc) is 3.14. The molecule has 1 N–H and O–H groups in total. The van der Waals surface area contributed by atoms with E-state index in [9.17, 15) is 30.8 Å². The van der Waals surface area contributed by atoms with E-state index in [1.807, 2.05) is 0 Å². The van der Waals surface area contributed by atoms with Crippen LogP contribution in [0.3, 0.4) is 0 Å². The van der Waals surface area contributed by atoms with Crippen LogP contribution in [0.15, 0.2) is 82.7 Å². The SMILES string of the molecule is O=C(Cn1cc(S(=O)(=O)c2ccc(F)cc2)c2ccccc21)Nc1cc(C(F)(F)F)ccc1Cl. The van der Waals surface area contributed by atoms with Gasteiger partial charge in [0.25, 0.3) is 0 Å². The van der Waals surface area contributed by atoms with Crippen LogP contribution in [0.1, 0.15) is 5.56 Å². The first-order chi connectivity index (χ1) is 16.0. The van der Waals surface area contributed by atoms with Crippen LogP contribution in [0.25, 0.3) is 10.9 Å². The number of nitrogens with zero attached hydrogens (tertiary/aromatic N) is 1. The highest BCUT2D eigenvalue weighted by molar-refractivity contribution is 7.91. The number of para-hydroxylation sites is 1. The first kappa shape index (κ1) is 23.8. The number of benzene rings is 3. The number of carbonyl (C=O) groups excluding carboxylic acids is 1. The van der Waals surface area contributed by atoms with Crippen LogP contribution in [0.2, 0.25) is 5.02 Å². The lowest BCUT2D eigenvalue weighted by atomic mass is 10.2. The predicted molar refractivity (Wildman–Crippen MR) is 119 cm³/mol. The van der Waals surface area contributed by atoms with E-state index in [2.05, 4.69) is 5.32 Å². The molecule has 0 bridgehead atoms. The number of amides is 1. The van der Waals surface area contributed by atoms with E-state index in [4.69, 9.17) is 11.6 Å². The second-order valence-electron chi connectivity index (χ2n) is 7.34. The van der Waals surface area contributed by atoms with Crippen LogP contribution in [-0.4, -0.2) is 18.9 Å². The zero-order valence-corrected chi connectivity index (χ0v) is 18.7. The molecular formula is C23H15ClF4N2O3S. The molecule has 11 heteroatoms. The van der Waals surface area contributed by atoms with E-state index in [-0.39, 0.29) is 20.5 Å². The number of hydrogen-bond donors (Lipinski definition) is 1. The number of sulfone groups is 1. The Morgan fingerprint density at radius 2 is 1.68 bits per heavy atom. The Morgan fingerprint density at radius 1 is 1.00 bits per heavy atom. The molecule has 5 nitrogen and oxygen atoms in total. The molecular weight excluding hydrogens is 496 g/mol. The lowest BCUT2D eigenvalue weighted by molar-refractivity contribution is -0.137. The minimum absolute atomic E-state index is 0.0849. The topological polar surface area (TPSA) is 68.2 Å². The van der Waals surface area contributed by atoms with Gasteiger partial charge >= 0.3 is 6.18 Å². The molecule has 1 amide bonds. The fraction of sp³-hybridized carbons (Fsp3) is 0.0870. The van der Waals surface area contributed by atoms with Crippen molar-refractivity contribution < 1.29 is 30.8 Å². The molecule has 0 aliphatic heterocycles. The van der Waals surface area contributed by atoms with Gasteiger partial charge in [0.05, 0.1) is 26.1 Å². The van der Waals surface area contributed by atoms with Crippen molar-refractivity contribution in [3.63, 3.8) is 0 Å². The number of alkyl halides is 3. The molecule has 0 aliphatic rings. The zero-order valence-electron chi connectivity index (χ0n) is 17.1. The number of nitrogens with one attached hydrogen (secondary N) is 1. The van der Waals surface area contributed by atoms with Gasteiger partial charge < -0.3 is 9.88 Å². The molecule has 4 rings (SSSR count). The molecule has 0 saturated carbocycles. The van der Waals surface area contributed by atoms with Crippen molar-refractivity contribution >= 4 is 43.9 Å². The maximum Gasteiger partial charge on any atom is 0.416 e. The molecule has 1 aromatic heterocycles. The van der Waals surface area contributed by atoms with Gasteiger partial charge in [-0.2, -0.15) is 13.2 Å². The normalized spacial score (nSPS) is 12.1. The van der Waals surface area contributed by atoms with E-state index in [0.717, 1.165) is 42.5 Å². The van der Waals surface area contributed by atoms with E-state index in [1.54, 1.807) is 24.3 Å². The summed E-state index contributed by atoms with van der Waals surface area (Å²) in [5.74, 6) is -1.31. The van der Waals surface area contributed by atoms with Crippen LogP contribution in [0, 0.1) is 5.82 Å². The summed E-state index contributed by atoms with van der Waals surface area (Å²) < 4.78 is 79.9. The lowest BCUT2D eigenvalue weighted by Gasteiger charge is -2.12. The predicted octanol–water partition coefficient (Wildman–Crippen LogP) is 5.92. The third-order valence-electron chi connectivity index (χ3n) is 5.05. The Bertz CT molecular complexity index is 1500. The highest BCUT2D eigenvalue weighted by atomic mass is 35.5. The Morgan fingerprint density at radius 3 is 2.35 bits per heavy atom. The van der Waals surface area contributed by atoms with E-state index >= 15 is 0 Å². The number of hydrogen-bond acceptors (Lipinski definition) is 3. The van der Waals surface area contributed by atoms with Gasteiger partial charge in [0.15, 0.2) is 0 Å². The summed E-state index contributed by atoms with van der Waals surface area (Å²) in [6.45, 7) is -0.397. The minimum atomic E-state index is -4.62. The fourth-order valence-electron chi connectivity index (χ4n) is 3.44. The second kappa shape index (κ2) is 8.77. The molecule has 0 spiro atoms. The van der Waals surface area contributed by atoms with E-state index < -0.39 is 39.8 Å². The quantitative estimate of drug-likeness (QED) is 0.267. The van der Waals surface area contributed by atoms with Gasteiger partial charge in [-0.3, -0.25) is 4.79 Å². The molecule has 0 unspecified atom stereocenters. The van der Waals surface area contributed by atoms with Crippen LogP contribution >= 0.6 is 11.6 Å². The molecule has 176 valence electrons. The maximum absolute atomic E-state index is 13.3. The highest BCUT2D eigenvalue weighted by Crippen LogP contribution is 2.34. The lowest BCUT2D eigenvalue weighted by Crippen LogP contribution is -2.19. The van der Waals surface area contributed by atoms with Gasteiger partial charge in [0.1, 0.15) is 12.4 Å². The minimum Gasteiger partial charge on any atom is -0.337 e. The molecule has 0 fully saturated rings. The van der Waals surface area contributed by atoms with Gasteiger partial charge in [-0.1, -0.05) is 29.8 Å². The molecule has 3 aromatic carbocycles. The maximum atomic E-state index is 13.3. The third-order valence-corrected chi connectivity index (χ3v) is 7.17. The molecule has 0 aliphatic carbocycles. The number of carbonyl (C=O) groups is 1. The summed E-state index contributed by atoms with van der Waals surface area (Å²) in [7, 11) is -4.05. The molecule has 0 atom stereocenters. The van der Waals surface area contributed by atoms with Crippen molar-refractivity contribution in [1.82, 2.24) is 4.57 Å². The van der Waals surface area contributed by atoms with Crippen molar-refractivity contribution in [2.24, 2.45) is 0 Å². The molecule has 0 saturated heterocycles. The number of halogens is 5. The Labute approximate surface area is 196 Å². The van der Waals surface area contributed by atoms with E-state index in [0.29, 0.717) is 10.9 Å². The van der Waals surface area contributed by atoms with Crippen LogP contribution in [-0.2, 0) is 27.4 Å². The largest absolute Gasteiger partial charge is 0.416 e. The van der Waals surface area contributed by atoms with Crippen molar-refractivity contribution in [1.29, 1.82) is 0 Å². The molecule has 0 radical (unpaired) electrons. The number of aromatic nitrogens is 1. The summed E-state index contributed by atoms with van der Waals surface area (Å²) >= 11 is 5.94. The van der Waals surface area contributed by atoms with E-state index in [1.165, 1.54) is 10.8 Å². The fourth-order valence-corrected chi connectivity index (χ4v) is 5.08. The standard InChI is InChI=1S/C23H15ClF4N2O3S/c24-18-10-5-14(23(26,27)28)11-19(18)29-22(31)13-30-12-21(17-3-1-2-4-20(17)30)34(32,33)16-8-6-15(25)7-9-16/h1-12H,13H2,(H,29,31). The smallest absolute Gasteiger partial charge is 0.337 e. The van der Waals surface area contributed by atoms with Gasteiger partial charge in [-0.25, -0.2) is 12.8 Å². The summed E-state index contributed by atoms with van der Waals surface area (Å²) in [4.78, 5) is 12.4. The van der Waals surface area contributed by atoms with Crippen molar-refractivity contribution in [3.8, 4) is 0 Å². The molecule has 1 heterocycles. The Hall–Kier alpha value is -3.37. The first-order valence-electron chi connectivity index (χ1n) is 9.72. The van der Waals surface area contributed by atoms with Crippen LogP contribution < -0.4 is 5.32 Å². The summed E-state index contributed by atoms with van der Waals surface area (Å²) in [6.07, 6.45) is -3.36. The second-order valence-corrected chi connectivity index (χ2v) is 9.66.